The summed E-state index contributed by atoms with van der Waals surface area (Å²) in [5.74, 6) is 1.52. The third-order valence-electron chi connectivity index (χ3n) is 3.10. The molecular formula is C17H15NO. The molecule has 2 heteroatoms. The molecular weight excluding hydrogens is 234 g/mol. The molecule has 0 unspecified atom stereocenters. The number of rotatable bonds is 3. The molecule has 0 N–H and O–H groups in total. The molecule has 0 aliphatic rings. The van der Waals surface area contributed by atoms with Crippen LogP contribution < -0.4 is 4.74 Å². The van der Waals surface area contributed by atoms with Crippen LogP contribution in [-0.4, -0.2) is 4.98 Å². The van der Waals surface area contributed by atoms with Crippen LogP contribution in [0.4, 0.5) is 0 Å². The quantitative estimate of drug-likeness (QED) is 0.677. The van der Waals surface area contributed by atoms with E-state index in [1.54, 1.807) is 0 Å². The molecule has 0 spiro atoms. The fraction of sp³-hybridized carbons (Fsp3) is 0.118. The first-order chi connectivity index (χ1) is 9.36. The van der Waals surface area contributed by atoms with Crippen molar-refractivity contribution in [1.82, 2.24) is 4.98 Å². The zero-order valence-corrected chi connectivity index (χ0v) is 10.8. The summed E-state index contributed by atoms with van der Waals surface area (Å²) in [5.41, 5.74) is 2.09. The summed E-state index contributed by atoms with van der Waals surface area (Å²) < 4.78 is 5.90. The number of hydrogen-bond acceptors (Lipinski definition) is 2. The second-order valence-corrected chi connectivity index (χ2v) is 4.41. The van der Waals surface area contributed by atoms with E-state index in [-0.39, 0.29) is 0 Å². The fourth-order valence-corrected chi connectivity index (χ4v) is 2.08. The van der Waals surface area contributed by atoms with E-state index in [9.17, 15) is 0 Å². The zero-order chi connectivity index (χ0) is 13.1. The standard InChI is InChI=1S/C17H15NO/c1-2-13-12-14-8-6-7-11-16(14)18-17(13)19-15-9-4-3-5-10-15/h3-12H,2H2,1H3. The maximum atomic E-state index is 5.90. The Balaban J connectivity index is 2.06. The summed E-state index contributed by atoms with van der Waals surface area (Å²) in [6.07, 6.45) is 0.903. The topological polar surface area (TPSA) is 22.1 Å². The average molecular weight is 249 g/mol. The van der Waals surface area contributed by atoms with Gasteiger partial charge in [-0.1, -0.05) is 43.3 Å². The van der Waals surface area contributed by atoms with Gasteiger partial charge >= 0.3 is 0 Å². The van der Waals surface area contributed by atoms with E-state index in [4.69, 9.17) is 4.74 Å². The van der Waals surface area contributed by atoms with Gasteiger partial charge in [-0.3, -0.25) is 0 Å². The fourth-order valence-electron chi connectivity index (χ4n) is 2.08. The molecule has 0 amide bonds. The molecule has 3 aromatic rings. The molecule has 0 atom stereocenters. The lowest BCUT2D eigenvalue weighted by Gasteiger charge is -2.10. The molecule has 2 nitrogen and oxygen atoms in total. The predicted octanol–water partition coefficient (Wildman–Crippen LogP) is 4.59. The Morgan fingerprint density at radius 3 is 2.47 bits per heavy atom. The highest BCUT2D eigenvalue weighted by Crippen LogP contribution is 2.27. The van der Waals surface area contributed by atoms with Crippen molar-refractivity contribution in [3.8, 4) is 11.6 Å². The molecule has 1 heterocycles. The molecule has 19 heavy (non-hydrogen) atoms. The first-order valence-electron chi connectivity index (χ1n) is 6.48. The Morgan fingerprint density at radius 1 is 0.947 bits per heavy atom. The van der Waals surface area contributed by atoms with Gasteiger partial charge in [0, 0.05) is 10.9 Å². The van der Waals surface area contributed by atoms with Gasteiger partial charge in [0.1, 0.15) is 5.75 Å². The normalized spacial score (nSPS) is 10.6. The summed E-state index contributed by atoms with van der Waals surface area (Å²) in [7, 11) is 0. The number of pyridine rings is 1. The number of ether oxygens (including phenoxy) is 1. The maximum absolute atomic E-state index is 5.90. The zero-order valence-electron chi connectivity index (χ0n) is 10.8. The van der Waals surface area contributed by atoms with E-state index < -0.39 is 0 Å². The van der Waals surface area contributed by atoms with Crippen molar-refractivity contribution < 1.29 is 4.74 Å². The number of hydrogen-bond donors (Lipinski definition) is 0. The van der Waals surface area contributed by atoms with E-state index in [0.29, 0.717) is 5.88 Å². The van der Waals surface area contributed by atoms with Crippen LogP contribution in [0, 0.1) is 0 Å². The second kappa shape index (κ2) is 5.11. The van der Waals surface area contributed by atoms with Crippen LogP contribution in [0.5, 0.6) is 11.6 Å². The number of benzene rings is 2. The van der Waals surface area contributed by atoms with Crippen LogP contribution in [0.2, 0.25) is 0 Å². The number of nitrogens with zero attached hydrogens (tertiary/aromatic N) is 1. The average Bonchev–Trinajstić information content (AvgIpc) is 2.47. The van der Waals surface area contributed by atoms with Crippen LogP contribution in [0.15, 0.2) is 60.7 Å². The van der Waals surface area contributed by atoms with Crippen LogP contribution in [0.1, 0.15) is 12.5 Å². The smallest absolute Gasteiger partial charge is 0.223 e. The molecule has 0 aliphatic heterocycles. The summed E-state index contributed by atoms with van der Waals surface area (Å²) in [6, 6.07) is 20.0. The highest BCUT2D eigenvalue weighted by Gasteiger charge is 2.07. The van der Waals surface area contributed by atoms with E-state index in [1.807, 2.05) is 48.5 Å². The van der Waals surface area contributed by atoms with E-state index >= 15 is 0 Å². The molecule has 94 valence electrons. The number of fused-ring (bicyclic) bond motifs is 1. The lowest BCUT2D eigenvalue weighted by atomic mass is 10.1. The first kappa shape index (κ1) is 11.7. The Morgan fingerprint density at radius 2 is 1.68 bits per heavy atom. The molecule has 0 radical (unpaired) electrons. The highest BCUT2D eigenvalue weighted by molar-refractivity contribution is 5.80. The van der Waals surface area contributed by atoms with Crippen molar-refractivity contribution in [3.05, 3.63) is 66.2 Å². The molecule has 2 aromatic carbocycles. The monoisotopic (exact) mass is 249 g/mol. The van der Waals surface area contributed by atoms with Crippen molar-refractivity contribution in [2.24, 2.45) is 0 Å². The van der Waals surface area contributed by atoms with Crippen molar-refractivity contribution >= 4 is 10.9 Å². The van der Waals surface area contributed by atoms with E-state index in [2.05, 4.69) is 24.0 Å². The second-order valence-electron chi connectivity index (χ2n) is 4.41. The van der Waals surface area contributed by atoms with Crippen LogP contribution in [0.25, 0.3) is 10.9 Å². The summed E-state index contributed by atoms with van der Waals surface area (Å²) in [6.45, 7) is 2.11. The minimum absolute atomic E-state index is 0.701. The molecule has 0 bridgehead atoms. The van der Waals surface area contributed by atoms with Gasteiger partial charge in [-0.05, 0) is 30.7 Å². The van der Waals surface area contributed by atoms with Gasteiger partial charge in [0.2, 0.25) is 5.88 Å². The maximum Gasteiger partial charge on any atom is 0.223 e. The molecule has 0 aliphatic carbocycles. The van der Waals surface area contributed by atoms with Gasteiger partial charge in [-0.2, -0.15) is 0 Å². The highest BCUT2D eigenvalue weighted by atomic mass is 16.5. The van der Waals surface area contributed by atoms with E-state index in [1.165, 1.54) is 0 Å². The van der Waals surface area contributed by atoms with Crippen LogP contribution >= 0.6 is 0 Å². The predicted molar refractivity (Wildman–Crippen MR) is 77.6 cm³/mol. The van der Waals surface area contributed by atoms with Crippen LogP contribution in [-0.2, 0) is 6.42 Å². The number of aryl methyl sites for hydroxylation is 1. The summed E-state index contributed by atoms with van der Waals surface area (Å²) >= 11 is 0. The Labute approximate surface area is 112 Å². The summed E-state index contributed by atoms with van der Waals surface area (Å²) in [5, 5.41) is 1.15. The SMILES string of the molecule is CCc1cc2ccccc2nc1Oc1ccccc1. The van der Waals surface area contributed by atoms with Crippen molar-refractivity contribution in [1.29, 1.82) is 0 Å². The minimum atomic E-state index is 0.701. The van der Waals surface area contributed by atoms with Gasteiger partial charge in [-0.25, -0.2) is 4.98 Å². The summed E-state index contributed by atoms with van der Waals surface area (Å²) in [4.78, 5) is 4.62. The minimum Gasteiger partial charge on any atom is -0.439 e. The van der Waals surface area contributed by atoms with Crippen LogP contribution in [0.3, 0.4) is 0 Å². The Hall–Kier alpha value is -2.35. The third kappa shape index (κ3) is 2.43. The lowest BCUT2D eigenvalue weighted by molar-refractivity contribution is 0.459. The van der Waals surface area contributed by atoms with Gasteiger partial charge in [-0.15, -0.1) is 0 Å². The van der Waals surface area contributed by atoms with Crippen molar-refractivity contribution in [2.75, 3.05) is 0 Å². The lowest BCUT2D eigenvalue weighted by Crippen LogP contribution is -1.94. The molecule has 1 aromatic heterocycles. The Bertz CT molecular complexity index is 692. The molecule has 0 saturated carbocycles. The largest absolute Gasteiger partial charge is 0.439 e. The number of aromatic nitrogens is 1. The van der Waals surface area contributed by atoms with Crippen molar-refractivity contribution in [2.45, 2.75) is 13.3 Å². The Kier molecular flexibility index (Phi) is 3.15. The van der Waals surface area contributed by atoms with Gasteiger partial charge in [0.05, 0.1) is 5.52 Å². The first-order valence-corrected chi connectivity index (χ1v) is 6.48. The molecule has 0 saturated heterocycles. The third-order valence-corrected chi connectivity index (χ3v) is 3.10. The van der Waals surface area contributed by atoms with Gasteiger partial charge in [0.25, 0.3) is 0 Å². The van der Waals surface area contributed by atoms with Gasteiger partial charge < -0.3 is 4.74 Å². The van der Waals surface area contributed by atoms with Gasteiger partial charge in [0.15, 0.2) is 0 Å². The molecule has 0 fully saturated rings. The molecule has 3 rings (SSSR count). The van der Waals surface area contributed by atoms with E-state index in [0.717, 1.165) is 28.6 Å². The number of para-hydroxylation sites is 2. The van der Waals surface area contributed by atoms with Crippen molar-refractivity contribution in [3.63, 3.8) is 0 Å².